The third-order valence-corrected chi connectivity index (χ3v) is 10.4. The molecule has 35 heavy (non-hydrogen) atoms. The normalized spacial score (nSPS) is 11.5. The fraction of sp³-hybridized carbons (Fsp3) is 0.312. The summed E-state index contributed by atoms with van der Waals surface area (Å²) in [5, 5.41) is 2.60. The van der Waals surface area contributed by atoms with E-state index < -0.39 is 0 Å². The molecule has 3 heteroatoms. The van der Waals surface area contributed by atoms with Gasteiger partial charge in [-0.1, -0.05) is 88.3 Å². The van der Waals surface area contributed by atoms with Crippen LogP contribution in [0, 0.1) is 0 Å². The molecule has 180 valence electrons. The molecule has 0 aliphatic rings. The third-order valence-electron chi connectivity index (χ3n) is 6.67. The maximum Gasteiger partial charge on any atom is 0.0449 e. The molecular formula is C32H34S3. The predicted octanol–water partition coefficient (Wildman–Crippen LogP) is 11.7. The van der Waals surface area contributed by atoms with Crippen molar-refractivity contribution < 1.29 is 0 Å². The van der Waals surface area contributed by atoms with Crippen LogP contribution in [-0.4, -0.2) is 0 Å². The summed E-state index contributed by atoms with van der Waals surface area (Å²) < 4.78 is 0. The van der Waals surface area contributed by atoms with Gasteiger partial charge in [-0.25, -0.2) is 0 Å². The van der Waals surface area contributed by atoms with Crippen LogP contribution >= 0.6 is 34.0 Å². The minimum atomic E-state index is 1.23. The lowest BCUT2D eigenvalue weighted by atomic mass is 10.1. The fourth-order valence-electron chi connectivity index (χ4n) is 4.65. The van der Waals surface area contributed by atoms with E-state index in [4.69, 9.17) is 0 Å². The van der Waals surface area contributed by atoms with Gasteiger partial charge in [0.05, 0.1) is 0 Å². The zero-order chi connectivity index (χ0) is 23.9. The first kappa shape index (κ1) is 24.5. The average molecular weight is 515 g/mol. The van der Waals surface area contributed by atoms with Crippen LogP contribution in [0.15, 0.2) is 78.9 Å². The topological polar surface area (TPSA) is 0 Å². The molecule has 3 heterocycles. The molecule has 5 rings (SSSR count). The van der Waals surface area contributed by atoms with Crippen LogP contribution in [0.25, 0.3) is 40.7 Å². The highest BCUT2D eigenvalue weighted by Crippen LogP contribution is 2.42. The van der Waals surface area contributed by atoms with Gasteiger partial charge >= 0.3 is 0 Å². The van der Waals surface area contributed by atoms with Crippen LogP contribution in [0.3, 0.4) is 0 Å². The lowest BCUT2D eigenvalue weighted by Crippen LogP contribution is -1.83. The summed E-state index contributed by atoms with van der Waals surface area (Å²) in [6, 6.07) is 29.2. The molecule has 2 aromatic carbocycles. The van der Waals surface area contributed by atoms with Crippen LogP contribution < -0.4 is 0 Å². The molecule has 0 aliphatic carbocycles. The maximum atomic E-state index is 2.35. The summed E-state index contributed by atoms with van der Waals surface area (Å²) in [5.74, 6) is 0. The number of aryl methyl sites for hydroxylation is 1. The van der Waals surface area contributed by atoms with Crippen molar-refractivity contribution in [3.05, 3.63) is 83.7 Å². The van der Waals surface area contributed by atoms with Gasteiger partial charge in [-0.3, -0.25) is 0 Å². The smallest absolute Gasteiger partial charge is 0.0449 e. The van der Waals surface area contributed by atoms with E-state index in [1.807, 2.05) is 34.0 Å². The van der Waals surface area contributed by atoms with E-state index in [2.05, 4.69) is 85.8 Å². The molecule has 0 nitrogen and oxygen atoms in total. The van der Waals surface area contributed by atoms with Crippen molar-refractivity contribution in [2.24, 2.45) is 0 Å². The van der Waals surface area contributed by atoms with Gasteiger partial charge in [0, 0.05) is 29.3 Å². The van der Waals surface area contributed by atoms with Gasteiger partial charge in [-0.05, 0) is 71.6 Å². The van der Waals surface area contributed by atoms with Gasteiger partial charge in [0.1, 0.15) is 0 Å². The Bertz CT molecular complexity index is 1350. The highest BCUT2D eigenvalue weighted by Gasteiger charge is 2.11. The van der Waals surface area contributed by atoms with Crippen LogP contribution in [0.1, 0.15) is 63.2 Å². The quantitative estimate of drug-likeness (QED) is 0.145. The zero-order valence-electron chi connectivity index (χ0n) is 20.6. The summed E-state index contributed by atoms with van der Waals surface area (Å²) in [5.41, 5.74) is 1.31. The van der Waals surface area contributed by atoms with Crippen molar-refractivity contribution in [2.75, 3.05) is 0 Å². The Morgan fingerprint density at radius 3 is 1.80 bits per heavy atom. The molecule has 0 saturated heterocycles. The van der Waals surface area contributed by atoms with Crippen LogP contribution in [-0.2, 0) is 6.42 Å². The second kappa shape index (κ2) is 12.2. The van der Waals surface area contributed by atoms with Gasteiger partial charge < -0.3 is 0 Å². The Morgan fingerprint density at radius 2 is 1.06 bits per heavy atom. The van der Waals surface area contributed by atoms with Crippen LogP contribution in [0.4, 0.5) is 0 Å². The number of hydrogen-bond donors (Lipinski definition) is 0. The van der Waals surface area contributed by atoms with E-state index in [0.29, 0.717) is 0 Å². The lowest BCUT2D eigenvalue weighted by molar-refractivity contribution is 0.576. The second-order valence-corrected chi connectivity index (χ2v) is 12.7. The lowest BCUT2D eigenvalue weighted by Gasteiger charge is -2.01. The minimum Gasteiger partial charge on any atom is -0.139 e. The van der Waals surface area contributed by atoms with Crippen molar-refractivity contribution in [3.63, 3.8) is 0 Å². The Kier molecular flexibility index (Phi) is 8.51. The predicted molar refractivity (Wildman–Crippen MR) is 160 cm³/mol. The molecule has 0 saturated carbocycles. The molecule has 0 N–H and O–H groups in total. The average Bonchev–Trinajstić information content (AvgIpc) is 3.65. The number of thiophene rings is 3. The largest absolute Gasteiger partial charge is 0.139 e. The Labute approximate surface area is 222 Å². The summed E-state index contributed by atoms with van der Waals surface area (Å²) in [7, 11) is 0. The van der Waals surface area contributed by atoms with Crippen molar-refractivity contribution in [3.8, 4) is 29.9 Å². The van der Waals surface area contributed by atoms with Crippen molar-refractivity contribution in [1.82, 2.24) is 0 Å². The first-order chi connectivity index (χ1) is 17.3. The molecule has 0 atom stereocenters. The zero-order valence-corrected chi connectivity index (χ0v) is 23.0. The Morgan fingerprint density at radius 1 is 0.486 bits per heavy atom. The number of fused-ring (bicyclic) bond motifs is 1. The first-order valence-corrected chi connectivity index (χ1v) is 15.5. The number of rotatable bonds is 12. The number of hydrogen-bond acceptors (Lipinski definition) is 3. The van der Waals surface area contributed by atoms with E-state index in [1.54, 1.807) is 0 Å². The number of benzene rings is 2. The Balaban J connectivity index is 1.18. The standard InChI is InChI=1S/C32H34S3/c1-2-3-4-5-6-7-8-9-14-27-17-18-29(33-27)30-21-22-32(35-30)31-20-19-28(34-31)26-16-15-24-12-10-11-13-25(24)23-26/h10-13,15-23H,2-9,14H2,1H3. The first-order valence-electron chi connectivity index (χ1n) is 13.1. The SMILES string of the molecule is CCCCCCCCCCc1ccc(-c2ccc(-c3ccc(-c4ccc5ccccc5c4)s3)s2)s1. The van der Waals surface area contributed by atoms with E-state index >= 15 is 0 Å². The van der Waals surface area contributed by atoms with Gasteiger partial charge in [-0.15, -0.1) is 34.0 Å². The van der Waals surface area contributed by atoms with E-state index in [1.165, 1.54) is 103 Å². The van der Waals surface area contributed by atoms with E-state index in [0.717, 1.165) is 0 Å². The van der Waals surface area contributed by atoms with Gasteiger partial charge in [0.25, 0.3) is 0 Å². The van der Waals surface area contributed by atoms with Crippen LogP contribution in [0.2, 0.25) is 0 Å². The van der Waals surface area contributed by atoms with E-state index in [-0.39, 0.29) is 0 Å². The van der Waals surface area contributed by atoms with Gasteiger partial charge in [0.2, 0.25) is 0 Å². The minimum absolute atomic E-state index is 1.23. The van der Waals surface area contributed by atoms with Crippen molar-refractivity contribution >= 4 is 44.8 Å². The number of unbranched alkanes of at least 4 members (excludes halogenated alkanes) is 7. The molecule has 0 amide bonds. The maximum absolute atomic E-state index is 2.35. The molecule has 0 unspecified atom stereocenters. The molecule has 3 aromatic heterocycles. The van der Waals surface area contributed by atoms with Gasteiger partial charge in [-0.2, -0.15) is 0 Å². The summed E-state index contributed by atoms with van der Waals surface area (Å²) >= 11 is 5.81. The third kappa shape index (κ3) is 6.33. The molecule has 0 bridgehead atoms. The molecule has 0 fully saturated rings. The molecular weight excluding hydrogens is 481 g/mol. The highest BCUT2D eigenvalue weighted by atomic mass is 32.1. The fourth-order valence-corrected chi connectivity index (χ4v) is 7.89. The highest BCUT2D eigenvalue weighted by molar-refractivity contribution is 7.27. The van der Waals surface area contributed by atoms with Crippen molar-refractivity contribution in [2.45, 2.75) is 64.7 Å². The Hall–Kier alpha value is -2.20. The summed E-state index contributed by atoms with van der Waals surface area (Å²) in [6.07, 6.45) is 12.3. The molecule has 0 aliphatic heterocycles. The molecule has 5 aromatic rings. The monoisotopic (exact) mass is 514 g/mol. The molecule has 0 radical (unpaired) electrons. The van der Waals surface area contributed by atoms with Crippen molar-refractivity contribution in [1.29, 1.82) is 0 Å². The summed E-state index contributed by atoms with van der Waals surface area (Å²) in [4.78, 5) is 8.42. The van der Waals surface area contributed by atoms with Gasteiger partial charge in [0.15, 0.2) is 0 Å². The van der Waals surface area contributed by atoms with Crippen LogP contribution in [0.5, 0.6) is 0 Å². The summed E-state index contributed by atoms with van der Waals surface area (Å²) in [6.45, 7) is 2.29. The molecule has 0 spiro atoms. The van der Waals surface area contributed by atoms with E-state index in [9.17, 15) is 0 Å². The second-order valence-electron chi connectivity index (χ2n) is 9.38.